The van der Waals surface area contributed by atoms with Crippen LogP contribution in [0.25, 0.3) is 0 Å². The molecule has 0 bridgehead atoms. The molecule has 98 valence electrons. The molecule has 1 rings (SSSR count). The van der Waals surface area contributed by atoms with Crippen LogP contribution in [0.5, 0.6) is 0 Å². The number of nitro benzene ring substituents is 1. The molecule has 0 atom stereocenters. The van der Waals surface area contributed by atoms with E-state index in [4.69, 9.17) is 9.47 Å². The number of carbonyl (C=O) groups excluding carboxylic acids is 1. The van der Waals surface area contributed by atoms with Gasteiger partial charge in [-0.25, -0.2) is 4.79 Å². The zero-order valence-electron chi connectivity index (χ0n) is 10.1. The number of nitro groups is 1. The summed E-state index contributed by atoms with van der Waals surface area (Å²) >= 11 is 0. The number of rotatable bonds is 6. The fraction of sp³-hybridized carbons (Fsp3) is 0.364. The average molecular weight is 254 g/mol. The van der Waals surface area contributed by atoms with Crippen LogP contribution in [0.1, 0.15) is 10.4 Å². The van der Waals surface area contributed by atoms with Crippen molar-refractivity contribution < 1.29 is 19.2 Å². The highest BCUT2D eigenvalue weighted by atomic mass is 16.6. The number of ether oxygens (including phenoxy) is 2. The Morgan fingerprint density at radius 3 is 2.72 bits per heavy atom. The van der Waals surface area contributed by atoms with Gasteiger partial charge in [-0.3, -0.25) is 10.1 Å². The van der Waals surface area contributed by atoms with Gasteiger partial charge in [0.15, 0.2) is 0 Å². The number of non-ortho nitro benzene ring substituents is 1. The van der Waals surface area contributed by atoms with Gasteiger partial charge in [-0.05, 0) is 6.07 Å². The van der Waals surface area contributed by atoms with E-state index >= 15 is 0 Å². The molecule has 0 aromatic heterocycles. The van der Waals surface area contributed by atoms with Crippen LogP contribution in [0.15, 0.2) is 18.2 Å². The summed E-state index contributed by atoms with van der Waals surface area (Å²) in [5.74, 6) is -0.625. The molecule has 0 fully saturated rings. The Labute approximate surface area is 104 Å². The molecule has 0 saturated carbocycles. The van der Waals surface area contributed by atoms with Crippen molar-refractivity contribution >= 4 is 17.3 Å². The first-order valence-corrected chi connectivity index (χ1v) is 5.22. The molecule has 0 unspecified atom stereocenters. The highest BCUT2D eigenvalue weighted by molar-refractivity contribution is 5.96. The van der Waals surface area contributed by atoms with Crippen molar-refractivity contribution in [1.82, 2.24) is 0 Å². The molecule has 1 aromatic carbocycles. The third-order valence-corrected chi connectivity index (χ3v) is 2.22. The molecule has 1 N–H and O–H groups in total. The predicted molar refractivity (Wildman–Crippen MR) is 64.8 cm³/mol. The molecule has 7 heteroatoms. The van der Waals surface area contributed by atoms with Gasteiger partial charge in [-0.1, -0.05) is 0 Å². The van der Waals surface area contributed by atoms with E-state index in [9.17, 15) is 14.9 Å². The molecular weight excluding hydrogens is 240 g/mol. The number of esters is 1. The fourth-order valence-electron chi connectivity index (χ4n) is 1.33. The van der Waals surface area contributed by atoms with E-state index in [0.717, 1.165) is 0 Å². The van der Waals surface area contributed by atoms with Gasteiger partial charge in [0.2, 0.25) is 0 Å². The quantitative estimate of drug-likeness (QED) is 0.357. The molecular formula is C11H14N2O5. The van der Waals surface area contributed by atoms with Gasteiger partial charge in [0.25, 0.3) is 5.69 Å². The first-order chi connectivity index (χ1) is 8.60. The molecule has 0 aliphatic carbocycles. The number of methoxy groups -OCH3 is 1. The summed E-state index contributed by atoms with van der Waals surface area (Å²) < 4.78 is 9.66. The van der Waals surface area contributed by atoms with Crippen LogP contribution in [0.2, 0.25) is 0 Å². The average Bonchev–Trinajstić information content (AvgIpc) is 2.38. The fourth-order valence-corrected chi connectivity index (χ4v) is 1.33. The SMILES string of the molecule is CNc1ccc([N+](=O)[O-])cc1C(=O)OCCOC. The largest absolute Gasteiger partial charge is 0.460 e. The van der Waals surface area contributed by atoms with Crippen LogP contribution >= 0.6 is 0 Å². The number of hydrogen-bond donors (Lipinski definition) is 1. The number of nitrogens with one attached hydrogen (secondary N) is 1. The third kappa shape index (κ3) is 3.42. The zero-order chi connectivity index (χ0) is 13.5. The minimum Gasteiger partial charge on any atom is -0.460 e. The Balaban J connectivity index is 2.93. The number of anilines is 1. The molecule has 0 heterocycles. The second-order valence-corrected chi connectivity index (χ2v) is 3.37. The van der Waals surface area contributed by atoms with Crippen LogP contribution in [-0.2, 0) is 9.47 Å². The maximum atomic E-state index is 11.7. The van der Waals surface area contributed by atoms with E-state index in [-0.39, 0.29) is 24.5 Å². The third-order valence-electron chi connectivity index (χ3n) is 2.22. The van der Waals surface area contributed by atoms with Crippen LogP contribution in [0.3, 0.4) is 0 Å². The second-order valence-electron chi connectivity index (χ2n) is 3.37. The summed E-state index contributed by atoms with van der Waals surface area (Å²) in [7, 11) is 3.10. The summed E-state index contributed by atoms with van der Waals surface area (Å²) in [6.07, 6.45) is 0. The highest BCUT2D eigenvalue weighted by Gasteiger charge is 2.17. The van der Waals surface area contributed by atoms with E-state index in [1.165, 1.54) is 25.3 Å². The van der Waals surface area contributed by atoms with E-state index in [0.29, 0.717) is 5.69 Å². The van der Waals surface area contributed by atoms with E-state index in [1.807, 2.05) is 0 Å². The number of hydrogen-bond acceptors (Lipinski definition) is 6. The summed E-state index contributed by atoms with van der Waals surface area (Å²) in [6, 6.07) is 3.96. The minimum atomic E-state index is -0.625. The van der Waals surface area contributed by atoms with Gasteiger partial charge in [0.05, 0.1) is 17.1 Å². The van der Waals surface area contributed by atoms with Gasteiger partial charge >= 0.3 is 5.97 Å². The molecule has 1 aromatic rings. The van der Waals surface area contributed by atoms with E-state index in [1.54, 1.807) is 7.05 Å². The molecule has 18 heavy (non-hydrogen) atoms. The van der Waals surface area contributed by atoms with Gasteiger partial charge in [0, 0.05) is 32.0 Å². The van der Waals surface area contributed by atoms with E-state index in [2.05, 4.69) is 5.32 Å². The standard InChI is InChI=1S/C11H14N2O5/c1-12-10-4-3-8(13(15)16)7-9(10)11(14)18-6-5-17-2/h3-4,7,12H,5-6H2,1-2H3. The summed E-state index contributed by atoms with van der Waals surface area (Å²) in [5, 5.41) is 13.4. The highest BCUT2D eigenvalue weighted by Crippen LogP contribution is 2.22. The smallest absolute Gasteiger partial charge is 0.340 e. The normalized spacial score (nSPS) is 9.89. The Hall–Kier alpha value is -2.15. The van der Waals surface area contributed by atoms with Gasteiger partial charge in [-0.15, -0.1) is 0 Å². The molecule has 0 amide bonds. The van der Waals surface area contributed by atoms with Crippen molar-refractivity contribution in [2.24, 2.45) is 0 Å². The molecule has 0 radical (unpaired) electrons. The van der Waals surface area contributed by atoms with Gasteiger partial charge in [0.1, 0.15) is 6.61 Å². The Kier molecular flexibility index (Phi) is 5.06. The molecule has 0 aliphatic heterocycles. The van der Waals surface area contributed by atoms with Crippen LogP contribution in [0.4, 0.5) is 11.4 Å². The summed E-state index contributed by atoms with van der Waals surface area (Å²) in [5.41, 5.74) is 0.443. The van der Waals surface area contributed by atoms with Crippen LogP contribution in [0, 0.1) is 10.1 Å². The van der Waals surface area contributed by atoms with Crippen molar-refractivity contribution in [2.45, 2.75) is 0 Å². The van der Waals surface area contributed by atoms with Crippen molar-refractivity contribution in [1.29, 1.82) is 0 Å². The number of carbonyl (C=O) groups is 1. The van der Waals surface area contributed by atoms with Crippen molar-refractivity contribution in [3.63, 3.8) is 0 Å². The van der Waals surface area contributed by atoms with Crippen molar-refractivity contribution in [3.05, 3.63) is 33.9 Å². The monoisotopic (exact) mass is 254 g/mol. The zero-order valence-corrected chi connectivity index (χ0v) is 10.1. The molecule has 0 saturated heterocycles. The maximum Gasteiger partial charge on any atom is 0.340 e. The maximum absolute atomic E-state index is 11.7. The molecule has 7 nitrogen and oxygen atoms in total. The van der Waals surface area contributed by atoms with Gasteiger partial charge < -0.3 is 14.8 Å². The number of benzene rings is 1. The number of nitrogens with zero attached hydrogens (tertiary/aromatic N) is 1. The first kappa shape index (κ1) is 13.9. The second kappa shape index (κ2) is 6.55. The predicted octanol–water partition coefficient (Wildman–Crippen LogP) is 1.44. The lowest BCUT2D eigenvalue weighted by Crippen LogP contribution is -2.12. The lowest BCUT2D eigenvalue weighted by atomic mass is 10.1. The van der Waals surface area contributed by atoms with Crippen molar-refractivity contribution in [3.8, 4) is 0 Å². The Morgan fingerprint density at radius 2 is 2.17 bits per heavy atom. The Bertz CT molecular complexity index is 447. The van der Waals surface area contributed by atoms with E-state index < -0.39 is 10.9 Å². The molecule has 0 spiro atoms. The minimum absolute atomic E-state index is 0.0984. The topological polar surface area (TPSA) is 90.7 Å². The van der Waals surface area contributed by atoms with Crippen molar-refractivity contribution in [2.75, 3.05) is 32.7 Å². The summed E-state index contributed by atoms with van der Waals surface area (Å²) in [6.45, 7) is 0.372. The summed E-state index contributed by atoms with van der Waals surface area (Å²) in [4.78, 5) is 21.8. The molecule has 0 aliphatic rings. The lowest BCUT2D eigenvalue weighted by Gasteiger charge is -2.08. The lowest BCUT2D eigenvalue weighted by molar-refractivity contribution is -0.384. The van der Waals surface area contributed by atoms with Crippen LogP contribution < -0.4 is 5.32 Å². The first-order valence-electron chi connectivity index (χ1n) is 5.22. The Morgan fingerprint density at radius 1 is 1.44 bits per heavy atom. The van der Waals surface area contributed by atoms with Crippen LogP contribution in [-0.4, -0.2) is 38.3 Å². The van der Waals surface area contributed by atoms with Gasteiger partial charge in [-0.2, -0.15) is 0 Å².